The Morgan fingerprint density at radius 3 is 2.22 bits per heavy atom. The lowest BCUT2D eigenvalue weighted by atomic mass is 10.1. The number of nitrogens with one attached hydrogen (secondary N) is 1. The number of thioether (sulfide) groups is 1. The summed E-state index contributed by atoms with van der Waals surface area (Å²) < 4.78 is 20.7. The van der Waals surface area contributed by atoms with Gasteiger partial charge in [-0.1, -0.05) is 12.1 Å². The molecule has 0 unspecified atom stereocenters. The van der Waals surface area contributed by atoms with Crippen LogP contribution in [0.4, 0.5) is 5.69 Å². The van der Waals surface area contributed by atoms with Crippen LogP contribution < -0.4 is 19.5 Å². The zero-order valence-electron chi connectivity index (χ0n) is 15.5. The predicted octanol–water partition coefficient (Wildman–Crippen LogP) is 3.23. The Labute approximate surface area is 161 Å². The summed E-state index contributed by atoms with van der Waals surface area (Å²) in [6.45, 7) is -0.432. The summed E-state index contributed by atoms with van der Waals surface area (Å²) in [5.41, 5.74) is 0.794. The number of carbonyl (C=O) groups excluding carboxylic acids is 2. The molecule has 0 aliphatic carbocycles. The monoisotopic (exact) mass is 391 g/mol. The van der Waals surface area contributed by atoms with E-state index < -0.39 is 18.5 Å². The van der Waals surface area contributed by atoms with Crippen molar-refractivity contribution in [3.63, 3.8) is 0 Å². The van der Waals surface area contributed by atoms with Crippen LogP contribution in [0.3, 0.4) is 0 Å². The van der Waals surface area contributed by atoms with Crippen molar-refractivity contribution in [2.24, 2.45) is 0 Å². The van der Waals surface area contributed by atoms with E-state index in [0.717, 1.165) is 4.90 Å². The van der Waals surface area contributed by atoms with Gasteiger partial charge in [0.15, 0.2) is 18.1 Å². The van der Waals surface area contributed by atoms with Gasteiger partial charge in [-0.05, 0) is 18.4 Å². The second kappa shape index (κ2) is 9.72. The second-order valence-electron chi connectivity index (χ2n) is 5.23. The third-order valence-corrected chi connectivity index (χ3v) is 4.44. The number of benzene rings is 2. The van der Waals surface area contributed by atoms with Gasteiger partial charge in [0.2, 0.25) is 0 Å². The standard InChI is InChI=1S/C19H21NO6S/c1-23-14-10-16(25-3)15(24-2)9-12(14)19(22)26-11-18(21)20-13-7-5-6-8-17(13)27-4/h5-10H,11H2,1-4H3,(H,20,21). The molecule has 8 heteroatoms. The number of carbonyl (C=O) groups is 2. The van der Waals surface area contributed by atoms with Crippen molar-refractivity contribution < 1.29 is 28.5 Å². The van der Waals surface area contributed by atoms with Gasteiger partial charge in [0.05, 0.1) is 27.0 Å². The van der Waals surface area contributed by atoms with Crippen molar-refractivity contribution >= 4 is 29.3 Å². The van der Waals surface area contributed by atoms with Crippen LogP contribution in [0.5, 0.6) is 17.2 Å². The second-order valence-corrected chi connectivity index (χ2v) is 6.08. The van der Waals surface area contributed by atoms with Gasteiger partial charge in [0, 0.05) is 17.0 Å². The Balaban J connectivity index is 2.08. The zero-order valence-corrected chi connectivity index (χ0v) is 16.3. The number of amides is 1. The molecule has 2 rings (SSSR count). The average molecular weight is 391 g/mol. The van der Waals surface area contributed by atoms with Gasteiger partial charge in [-0.15, -0.1) is 11.8 Å². The van der Waals surface area contributed by atoms with Gasteiger partial charge in [-0.3, -0.25) is 4.79 Å². The van der Waals surface area contributed by atoms with Gasteiger partial charge in [0.1, 0.15) is 11.3 Å². The summed E-state index contributed by atoms with van der Waals surface area (Å²) in [6, 6.07) is 10.3. The number of methoxy groups -OCH3 is 3. The van der Waals surface area contributed by atoms with Crippen molar-refractivity contribution in [3.05, 3.63) is 42.0 Å². The summed E-state index contributed by atoms with van der Waals surface area (Å²) in [5, 5.41) is 2.72. The number of hydrogen-bond donors (Lipinski definition) is 1. The van der Waals surface area contributed by atoms with Crippen LogP contribution >= 0.6 is 11.8 Å². The summed E-state index contributed by atoms with van der Waals surface area (Å²) in [4.78, 5) is 25.4. The fraction of sp³-hybridized carbons (Fsp3) is 0.263. The first kappa shape index (κ1) is 20.4. The van der Waals surface area contributed by atoms with Crippen LogP contribution in [0.15, 0.2) is 41.3 Å². The molecule has 0 bridgehead atoms. The van der Waals surface area contributed by atoms with E-state index in [1.807, 2.05) is 24.5 Å². The molecule has 0 fully saturated rings. The molecular formula is C19H21NO6S. The molecule has 0 aliphatic heterocycles. The molecule has 27 heavy (non-hydrogen) atoms. The lowest BCUT2D eigenvalue weighted by Crippen LogP contribution is -2.21. The smallest absolute Gasteiger partial charge is 0.342 e. The van der Waals surface area contributed by atoms with Gasteiger partial charge >= 0.3 is 5.97 Å². The highest BCUT2D eigenvalue weighted by Gasteiger charge is 2.20. The number of hydrogen-bond acceptors (Lipinski definition) is 7. The molecule has 0 saturated carbocycles. The van der Waals surface area contributed by atoms with E-state index in [9.17, 15) is 9.59 Å². The van der Waals surface area contributed by atoms with Crippen molar-refractivity contribution in [2.75, 3.05) is 39.5 Å². The molecule has 0 heterocycles. The minimum absolute atomic E-state index is 0.132. The van der Waals surface area contributed by atoms with Crippen molar-refractivity contribution in [1.29, 1.82) is 0 Å². The van der Waals surface area contributed by atoms with E-state index in [4.69, 9.17) is 18.9 Å². The fourth-order valence-electron chi connectivity index (χ4n) is 2.33. The quantitative estimate of drug-likeness (QED) is 0.546. The number of para-hydroxylation sites is 1. The summed E-state index contributed by atoms with van der Waals surface area (Å²) in [6.07, 6.45) is 1.91. The highest BCUT2D eigenvalue weighted by molar-refractivity contribution is 7.98. The average Bonchev–Trinajstić information content (AvgIpc) is 2.71. The van der Waals surface area contributed by atoms with Crippen LogP contribution in [0.25, 0.3) is 0 Å². The maximum Gasteiger partial charge on any atom is 0.342 e. The van der Waals surface area contributed by atoms with Crippen molar-refractivity contribution in [3.8, 4) is 17.2 Å². The molecule has 0 aromatic heterocycles. The number of esters is 1. The summed E-state index contributed by atoms with van der Waals surface area (Å²) in [7, 11) is 4.35. The lowest BCUT2D eigenvalue weighted by Gasteiger charge is -2.14. The predicted molar refractivity (Wildman–Crippen MR) is 103 cm³/mol. The highest BCUT2D eigenvalue weighted by atomic mass is 32.2. The first-order valence-corrected chi connectivity index (χ1v) is 9.16. The Bertz CT molecular complexity index is 824. The number of ether oxygens (including phenoxy) is 4. The van der Waals surface area contributed by atoms with Crippen molar-refractivity contribution in [2.45, 2.75) is 4.90 Å². The molecule has 7 nitrogen and oxygen atoms in total. The molecule has 0 atom stereocenters. The molecule has 2 aromatic rings. The van der Waals surface area contributed by atoms with Crippen LogP contribution in [0.2, 0.25) is 0 Å². The van der Waals surface area contributed by atoms with Crippen LogP contribution in [0, 0.1) is 0 Å². The Kier molecular flexibility index (Phi) is 7.36. The maximum absolute atomic E-state index is 12.4. The molecule has 1 N–H and O–H groups in total. The lowest BCUT2D eigenvalue weighted by molar-refractivity contribution is -0.119. The molecule has 0 saturated heterocycles. The zero-order chi connectivity index (χ0) is 19.8. The molecule has 1 amide bonds. The van der Waals surface area contributed by atoms with Gasteiger partial charge in [0.25, 0.3) is 5.91 Å². The first-order chi connectivity index (χ1) is 13.0. The van der Waals surface area contributed by atoms with Crippen LogP contribution in [-0.4, -0.2) is 46.1 Å². The van der Waals surface area contributed by atoms with Gasteiger partial charge in [-0.25, -0.2) is 4.79 Å². The molecule has 2 aromatic carbocycles. The minimum atomic E-state index is -0.707. The SMILES string of the molecule is COc1cc(OC)c(C(=O)OCC(=O)Nc2ccccc2SC)cc1OC. The normalized spacial score (nSPS) is 10.1. The summed E-state index contributed by atoms with van der Waals surface area (Å²) >= 11 is 1.51. The Morgan fingerprint density at radius 2 is 1.59 bits per heavy atom. The van der Waals surface area contributed by atoms with Crippen LogP contribution in [0.1, 0.15) is 10.4 Å². The Hall–Kier alpha value is -2.87. The Morgan fingerprint density at radius 1 is 0.963 bits per heavy atom. The fourth-order valence-corrected chi connectivity index (χ4v) is 2.89. The van der Waals surface area contributed by atoms with E-state index in [1.54, 1.807) is 6.07 Å². The van der Waals surface area contributed by atoms with E-state index in [-0.39, 0.29) is 11.3 Å². The van der Waals surface area contributed by atoms with E-state index in [0.29, 0.717) is 17.2 Å². The van der Waals surface area contributed by atoms with Gasteiger partial charge in [-0.2, -0.15) is 0 Å². The third-order valence-electron chi connectivity index (χ3n) is 3.64. The first-order valence-electron chi connectivity index (χ1n) is 7.94. The van der Waals surface area contributed by atoms with E-state index >= 15 is 0 Å². The molecule has 144 valence electrons. The van der Waals surface area contributed by atoms with Crippen LogP contribution in [-0.2, 0) is 9.53 Å². The molecule has 0 spiro atoms. The summed E-state index contributed by atoms with van der Waals surface area (Å²) in [5.74, 6) is -0.128. The maximum atomic E-state index is 12.4. The third kappa shape index (κ3) is 5.07. The largest absolute Gasteiger partial charge is 0.496 e. The molecular weight excluding hydrogens is 370 g/mol. The number of anilines is 1. The van der Waals surface area contributed by atoms with Gasteiger partial charge < -0.3 is 24.3 Å². The molecule has 0 radical (unpaired) electrons. The van der Waals surface area contributed by atoms with Crippen molar-refractivity contribution in [1.82, 2.24) is 0 Å². The van der Waals surface area contributed by atoms with E-state index in [2.05, 4.69) is 5.32 Å². The topological polar surface area (TPSA) is 83.1 Å². The number of rotatable bonds is 8. The molecule has 0 aliphatic rings. The van der Waals surface area contributed by atoms with E-state index in [1.165, 1.54) is 45.2 Å². The highest BCUT2D eigenvalue weighted by Crippen LogP contribution is 2.35. The minimum Gasteiger partial charge on any atom is -0.496 e.